The van der Waals surface area contributed by atoms with Gasteiger partial charge in [0.25, 0.3) is 0 Å². The molecule has 0 radical (unpaired) electrons. The van der Waals surface area contributed by atoms with Gasteiger partial charge in [0, 0.05) is 11.8 Å². The van der Waals surface area contributed by atoms with Crippen molar-refractivity contribution in [1.29, 1.82) is 0 Å². The molecule has 156 valence electrons. The second-order valence-electron chi connectivity index (χ2n) is 8.64. The van der Waals surface area contributed by atoms with Gasteiger partial charge in [0.1, 0.15) is 18.5 Å². The number of hydrogen-bond acceptors (Lipinski definition) is 0. The standard InChI is InChI=1S/C21H30F4.C2H6/c1-13-2-9-17(18(22)10-13)16-7-5-14(6-8-16)3-4-15-11-19(23)21(25)20(24)12-15;1-2/h13-21H,2,5-12H2,1H3;1-2H3. The van der Waals surface area contributed by atoms with E-state index in [2.05, 4.69) is 18.8 Å². The molecule has 5 atom stereocenters. The highest BCUT2D eigenvalue weighted by atomic mass is 19.2. The maximum absolute atomic E-state index is 14.3. The van der Waals surface area contributed by atoms with Crippen molar-refractivity contribution in [1.82, 2.24) is 0 Å². The third-order valence-electron chi connectivity index (χ3n) is 6.66. The molecule has 0 heterocycles. The van der Waals surface area contributed by atoms with Crippen molar-refractivity contribution in [2.45, 2.75) is 103 Å². The quantitative estimate of drug-likeness (QED) is 0.334. The average molecular weight is 389 g/mol. The van der Waals surface area contributed by atoms with Crippen LogP contribution in [0.1, 0.15) is 78.6 Å². The molecule has 3 aliphatic carbocycles. The van der Waals surface area contributed by atoms with Gasteiger partial charge in [-0.15, -0.1) is 0 Å². The summed E-state index contributed by atoms with van der Waals surface area (Å²) in [6.07, 6.45) is 0.681. The number of rotatable bonds is 1. The fourth-order valence-corrected chi connectivity index (χ4v) is 5.04. The molecule has 27 heavy (non-hydrogen) atoms. The number of alkyl halides is 4. The molecule has 0 amide bonds. The molecule has 0 aliphatic heterocycles. The first kappa shape index (κ1) is 22.6. The topological polar surface area (TPSA) is 0 Å². The van der Waals surface area contributed by atoms with Gasteiger partial charge < -0.3 is 0 Å². The Labute approximate surface area is 162 Å². The molecule has 0 N–H and O–H groups in total. The SMILES string of the molecule is CC.CC1CCC(C2CCC(C#CC3CC(F)C(F)C(F)C3)CC2)C(F)C1. The number of hydrogen-bond donors (Lipinski definition) is 0. The van der Waals surface area contributed by atoms with Crippen LogP contribution in [0, 0.1) is 41.4 Å². The highest BCUT2D eigenvalue weighted by Gasteiger charge is 2.38. The Morgan fingerprint density at radius 2 is 1.19 bits per heavy atom. The zero-order valence-electron chi connectivity index (χ0n) is 17.1. The molecule has 0 bridgehead atoms. The summed E-state index contributed by atoms with van der Waals surface area (Å²) in [5.41, 5.74) is 0. The molecule has 3 saturated carbocycles. The van der Waals surface area contributed by atoms with Crippen molar-refractivity contribution in [3.05, 3.63) is 0 Å². The van der Waals surface area contributed by atoms with E-state index >= 15 is 0 Å². The summed E-state index contributed by atoms with van der Waals surface area (Å²) in [6, 6.07) is 0. The van der Waals surface area contributed by atoms with Crippen LogP contribution in [0.4, 0.5) is 17.6 Å². The zero-order valence-corrected chi connectivity index (χ0v) is 17.1. The lowest BCUT2D eigenvalue weighted by atomic mass is 9.68. The van der Waals surface area contributed by atoms with E-state index < -0.39 is 24.7 Å². The van der Waals surface area contributed by atoms with Gasteiger partial charge in [-0.05, 0) is 69.1 Å². The molecule has 3 fully saturated rings. The van der Waals surface area contributed by atoms with Crippen LogP contribution < -0.4 is 0 Å². The van der Waals surface area contributed by atoms with Crippen molar-refractivity contribution >= 4 is 0 Å². The Bertz CT molecular complexity index is 476. The summed E-state index contributed by atoms with van der Waals surface area (Å²) in [6.45, 7) is 6.13. The second kappa shape index (κ2) is 10.7. The Morgan fingerprint density at radius 1 is 0.630 bits per heavy atom. The normalized spacial score (nSPS) is 45.1. The molecule has 3 rings (SSSR count). The molecule has 0 aromatic rings. The summed E-state index contributed by atoms with van der Waals surface area (Å²) < 4.78 is 54.4. The zero-order chi connectivity index (χ0) is 20.0. The molecule has 0 nitrogen and oxygen atoms in total. The second-order valence-corrected chi connectivity index (χ2v) is 8.64. The van der Waals surface area contributed by atoms with Gasteiger partial charge in [0.05, 0.1) is 0 Å². The fourth-order valence-electron chi connectivity index (χ4n) is 5.04. The summed E-state index contributed by atoms with van der Waals surface area (Å²) in [4.78, 5) is 0. The lowest BCUT2D eigenvalue weighted by Crippen LogP contribution is -2.36. The van der Waals surface area contributed by atoms with Crippen molar-refractivity contribution < 1.29 is 17.6 Å². The minimum absolute atomic E-state index is 0.00766. The first-order chi connectivity index (χ1) is 12.9. The van der Waals surface area contributed by atoms with Gasteiger partial charge in [-0.2, -0.15) is 0 Å². The van der Waals surface area contributed by atoms with E-state index in [-0.39, 0.29) is 30.6 Å². The monoisotopic (exact) mass is 388 g/mol. The smallest absolute Gasteiger partial charge is 0.162 e. The van der Waals surface area contributed by atoms with E-state index in [0.29, 0.717) is 18.3 Å². The van der Waals surface area contributed by atoms with Crippen LogP contribution in [-0.4, -0.2) is 24.7 Å². The maximum Gasteiger partial charge on any atom is 0.162 e. The van der Waals surface area contributed by atoms with E-state index in [4.69, 9.17) is 0 Å². The highest BCUT2D eigenvalue weighted by molar-refractivity contribution is 5.11. The maximum atomic E-state index is 14.3. The first-order valence-electron chi connectivity index (χ1n) is 11.0. The van der Waals surface area contributed by atoms with E-state index in [1.807, 2.05) is 13.8 Å². The minimum atomic E-state index is -1.99. The van der Waals surface area contributed by atoms with E-state index in [1.165, 1.54) is 0 Å². The molecule has 3 aliphatic rings. The fraction of sp³-hybridized carbons (Fsp3) is 0.913. The van der Waals surface area contributed by atoms with Gasteiger partial charge in [-0.1, -0.05) is 39.0 Å². The third kappa shape index (κ3) is 6.13. The largest absolute Gasteiger partial charge is 0.247 e. The van der Waals surface area contributed by atoms with E-state index in [0.717, 1.165) is 38.5 Å². The van der Waals surface area contributed by atoms with Crippen LogP contribution in [-0.2, 0) is 0 Å². The van der Waals surface area contributed by atoms with Crippen molar-refractivity contribution in [3.63, 3.8) is 0 Å². The van der Waals surface area contributed by atoms with Crippen LogP contribution in [0.3, 0.4) is 0 Å². The van der Waals surface area contributed by atoms with Crippen LogP contribution in [0.15, 0.2) is 0 Å². The molecule has 0 spiro atoms. The summed E-state index contributed by atoms with van der Waals surface area (Å²) >= 11 is 0. The first-order valence-corrected chi connectivity index (χ1v) is 11.0. The van der Waals surface area contributed by atoms with Crippen molar-refractivity contribution in [3.8, 4) is 11.8 Å². The molecule has 0 aromatic carbocycles. The van der Waals surface area contributed by atoms with Crippen LogP contribution in [0.2, 0.25) is 0 Å². The Hall–Kier alpha value is -0.720. The van der Waals surface area contributed by atoms with E-state index in [9.17, 15) is 17.6 Å². The average Bonchev–Trinajstić information content (AvgIpc) is 2.66. The van der Waals surface area contributed by atoms with Crippen molar-refractivity contribution in [2.24, 2.45) is 29.6 Å². The van der Waals surface area contributed by atoms with Crippen LogP contribution in [0.5, 0.6) is 0 Å². The van der Waals surface area contributed by atoms with Gasteiger partial charge in [0.15, 0.2) is 6.17 Å². The Morgan fingerprint density at radius 3 is 1.74 bits per heavy atom. The molecule has 4 heteroatoms. The Kier molecular flexibility index (Phi) is 8.96. The minimum Gasteiger partial charge on any atom is -0.247 e. The molecular formula is C23H36F4. The van der Waals surface area contributed by atoms with Crippen LogP contribution >= 0.6 is 0 Å². The van der Waals surface area contributed by atoms with Gasteiger partial charge in [0.2, 0.25) is 0 Å². The summed E-state index contributed by atoms with van der Waals surface area (Å²) in [5, 5.41) is 0. The van der Waals surface area contributed by atoms with Gasteiger partial charge in [-0.3, -0.25) is 0 Å². The summed E-state index contributed by atoms with van der Waals surface area (Å²) in [5.74, 6) is 7.26. The molecular weight excluding hydrogens is 352 g/mol. The van der Waals surface area contributed by atoms with E-state index in [1.54, 1.807) is 0 Å². The predicted octanol–water partition coefficient (Wildman–Crippen LogP) is 7.02. The molecule has 0 saturated heterocycles. The van der Waals surface area contributed by atoms with Crippen LogP contribution in [0.25, 0.3) is 0 Å². The van der Waals surface area contributed by atoms with Gasteiger partial charge >= 0.3 is 0 Å². The Balaban J connectivity index is 0.00000126. The van der Waals surface area contributed by atoms with Gasteiger partial charge in [-0.25, -0.2) is 17.6 Å². The molecule has 5 unspecified atom stereocenters. The predicted molar refractivity (Wildman–Crippen MR) is 103 cm³/mol. The highest BCUT2D eigenvalue weighted by Crippen LogP contribution is 2.42. The lowest BCUT2D eigenvalue weighted by Gasteiger charge is -2.38. The number of halogens is 4. The third-order valence-corrected chi connectivity index (χ3v) is 6.66. The summed E-state index contributed by atoms with van der Waals surface area (Å²) in [7, 11) is 0. The molecule has 0 aromatic heterocycles. The lowest BCUT2D eigenvalue weighted by molar-refractivity contribution is 0.0297. The van der Waals surface area contributed by atoms with Crippen molar-refractivity contribution in [2.75, 3.05) is 0 Å².